The maximum Gasteiger partial charge on any atom is 0.282 e. The minimum Gasteiger partial charge on any atom is -0.332 e. The Labute approximate surface area is 132 Å². The van der Waals surface area contributed by atoms with Crippen LogP contribution in [0, 0.1) is 5.82 Å². The Kier molecular flexibility index (Phi) is 4.63. The van der Waals surface area contributed by atoms with Gasteiger partial charge in [-0.1, -0.05) is 23.9 Å². The zero-order valence-electron chi connectivity index (χ0n) is 12.1. The van der Waals surface area contributed by atoms with Crippen molar-refractivity contribution in [1.29, 1.82) is 0 Å². The molecule has 2 saturated heterocycles. The van der Waals surface area contributed by atoms with Crippen LogP contribution in [-0.2, 0) is 4.79 Å². The Morgan fingerprint density at radius 1 is 1.41 bits per heavy atom. The summed E-state index contributed by atoms with van der Waals surface area (Å²) in [4.78, 5) is 27.5. The third kappa shape index (κ3) is 3.25. The number of hydrogen-bond donors (Lipinski definition) is 1. The Balaban J connectivity index is 1.74. The molecular weight excluding hydrogens is 305 g/mol. The number of hydrogen-bond acceptors (Lipinski definition) is 4. The molecule has 2 aliphatic rings. The molecule has 3 rings (SSSR count). The van der Waals surface area contributed by atoms with Crippen LogP contribution in [0.25, 0.3) is 0 Å². The molecule has 1 N–H and O–H groups in total. The second kappa shape index (κ2) is 6.66. The van der Waals surface area contributed by atoms with Gasteiger partial charge in [-0.05, 0) is 17.7 Å². The molecule has 0 saturated carbocycles. The third-order valence-corrected chi connectivity index (χ3v) is 4.86. The molecule has 2 amide bonds. The minimum absolute atomic E-state index is 0.0363. The Morgan fingerprint density at radius 2 is 2.27 bits per heavy atom. The molecule has 1 aromatic carbocycles. The SMILES string of the molecule is O=C1SCCN1CC(=O)N1CCNCC1c1cccc(F)c1. The van der Waals surface area contributed by atoms with Crippen LogP contribution < -0.4 is 5.32 Å². The van der Waals surface area contributed by atoms with Crippen molar-refractivity contribution in [1.82, 2.24) is 15.1 Å². The number of nitrogens with zero attached hydrogens (tertiary/aromatic N) is 2. The lowest BCUT2D eigenvalue weighted by Crippen LogP contribution is -2.51. The molecule has 0 radical (unpaired) electrons. The number of nitrogens with one attached hydrogen (secondary N) is 1. The van der Waals surface area contributed by atoms with Crippen LogP contribution in [0.4, 0.5) is 9.18 Å². The van der Waals surface area contributed by atoms with Crippen molar-refractivity contribution < 1.29 is 14.0 Å². The molecule has 0 spiro atoms. The van der Waals surface area contributed by atoms with Gasteiger partial charge in [0.1, 0.15) is 12.4 Å². The van der Waals surface area contributed by atoms with Crippen molar-refractivity contribution in [2.75, 3.05) is 38.5 Å². The lowest BCUT2D eigenvalue weighted by atomic mass is 10.0. The van der Waals surface area contributed by atoms with Gasteiger partial charge >= 0.3 is 0 Å². The van der Waals surface area contributed by atoms with Gasteiger partial charge < -0.3 is 15.1 Å². The molecule has 1 aromatic rings. The van der Waals surface area contributed by atoms with Crippen molar-refractivity contribution in [3.05, 3.63) is 35.6 Å². The zero-order chi connectivity index (χ0) is 15.5. The standard InChI is InChI=1S/C15H18FN3O2S/c16-12-3-1-2-11(8-12)13-9-17-4-5-19(13)14(20)10-18-6-7-22-15(18)21/h1-3,8,13,17H,4-7,9-10H2. The van der Waals surface area contributed by atoms with Crippen LogP contribution in [0.3, 0.4) is 0 Å². The number of amides is 2. The van der Waals surface area contributed by atoms with Crippen LogP contribution >= 0.6 is 11.8 Å². The van der Waals surface area contributed by atoms with Crippen LogP contribution in [0.15, 0.2) is 24.3 Å². The summed E-state index contributed by atoms with van der Waals surface area (Å²) in [6.07, 6.45) is 0. The van der Waals surface area contributed by atoms with Crippen molar-refractivity contribution in [2.45, 2.75) is 6.04 Å². The second-order valence-electron chi connectivity index (χ2n) is 5.40. The van der Waals surface area contributed by atoms with Gasteiger partial charge in [-0.15, -0.1) is 0 Å². The van der Waals surface area contributed by atoms with Gasteiger partial charge in [0, 0.05) is 31.9 Å². The highest BCUT2D eigenvalue weighted by atomic mass is 32.2. The van der Waals surface area contributed by atoms with E-state index in [0.717, 1.165) is 11.3 Å². The van der Waals surface area contributed by atoms with Gasteiger partial charge in [0.2, 0.25) is 5.91 Å². The van der Waals surface area contributed by atoms with Gasteiger partial charge in [-0.2, -0.15) is 0 Å². The summed E-state index contributed by atoms with van der Waals surface area (Å²) in [5.74, 6) is 0.356. The number of benzene rings is 1. The molecule has 2 heterocycles. The summed E-state index contributed by atoms with van der Waals surface area (Å²) < 4.78 is 13.4. The maximum atomic E-state index is 13.4. The molecule has 5 nitrogen and oxygen atoms in total. The average Bonchev–Trinajstić information content (AvgIpc) is 2.92. The van der Waals surface area contributed by atoms with Gasteiger partial charge in [0.25, 0.3) is 5.24 Å². The van der Waals surface area contributed by atoms with Crippen LogP contribution in [-0.4, -0.2) is 59.4 Å². The fourth-order valence-corrected chi connectivity index (χ4v) is 3.66. The highest BCUT2D eigenvalue weighted by molar-refractivity contribution is 8.13. The molecule has 0 bridgehead atoms. The van der Waals surface area contributed by atoms with Crippen LogP contribution in [0.1, 0.15) is 11.6 Å². The first kappa shape index (κ1) is 15.3. The number of carbonyl (C=O) groups excluding carboxylic acids is 2. The average molecular weight is 323 g/mol. The van der Waals surface area contributed by atoms with Crippen molar-refractivity contribution in [3.8, 4) is 0 Å². The van der Waals surface area contributed by atoms with E-state index in [0.29, 0.717) is 26.2 Å². The lowest BCUT2D eigenvalue weighted by molar-refractivity contribution is -0.135. The van der Waals surface area contributed by atoms with E-state index in [1.807, 2.05) is 6.07 Å². The summed E-state index contributed by atoms with van der Waals surface area (Å²) in [5, 5.41) is 3.20. The molecule has 1 unspecified atom stereocenters. The van der Waals surface area contributed by atoms with E-state index >= 15 is 0 Å². The highest BCUT2D eigenvalue weighted by Gasteiger charge is 2.31. The molecular formula is C15H18FN3O2S. The monoisotopic (exact) mass is 323 g/mol. The number of halogens is 1. The van der Waals surface area contributed by atoms with Gasteiger partial charge in [0.05, 0.1) is 6.04 Å². The predicted octanol–water partition coefficient (Wildman–Crippen LogP) is 1.47. The van der Waals surface area contributed by atoms with Crippen molar-refractivity contribution in [2.24, 2.45) is 0 Å². The zero-order valence-corrected chi connectivity index (χ0v) is 12.9. The highest BCUT2D eigenvalue weighted by Crippen LogP contribution is 2.24. The van der Waals surface area contributed by atoms with E-state index in [9.17, 15) is 14.0 Å². The smallest absolute Gasteiger partial charge is 0.282 e. The van der Waals surface area contributed by atoms with E-state index in [2.05, 4.69) is 5.32 Å². The molecule has 0 aromatic heterocycles. The Bertz CT molecular complexity index is 584. The fraction of sp³-hybridized carbons (Fsp3) is 0.467. The molecule has 0 aliphatic carbocycles. The van der Waals surface area contributed by atoms with Crippen molar-refractivity contribution >= 4 is 22.9 Å². The summed E-state index contributed by atoms with van der Waals surface area (Å²) in [6, 6.07) is 6.16. The van der Waals surface area contributed by atoms with Crippen LogP contribution in [0.2, 0.25) is 0 Å². The maximum absolute atomic E-state index is 13.4. The largest absolute Gasteiger partial charge is 0.332 e. The minimum atomic E-state index is -0.304. The molecule has 1 atom stereocenters. The van der Waals surface area contributed by atoms with Crippen LogP contribution in [0.5, 0.6) is 0 Å². The summed E-state index contributed by atoms with van der Waals surface area (Å²) in [6.45, 7) is 2.59. The molecule has 2 fully saturated rings. The first-order valence-electron chi connectivity index (χ1n) is 7.32. The van der Waals surface area contributed by atoms with E-state index in [-0.39, 0.29) is 29.6 Å². The van der Waals surface area contributed by atoms with E-state index in [4.69, 9.17) is 0 Å². The second-order valence-corrected chi connectivity index (χ2v) is 6.44. The molecule has 7 heteroatoms. The lowest BCUT2D eigenvalue weighted by Gasteiger charge is -2.37. The predicted molar refractivity (Wildman–Crippen MR) is 83.2 cm³/mol. The first-order valence-corrected chi connectivity index (χ1v) is 8.31. The molecule has 22 heavy (non-hydrogen) atoms. The molecule has 118 valence electrons. The number of thioether (sulfide) groups is 1. The summed E-state index contributed by atoms with van der Waals surface area (Å²) in [5.41, 5.74) is 0.780. The third-order valence-electron chi connectivity index (χ3n) is 3.97. The van der Waals surface area contributed by atoms with E-state index < -0.39 is 0 Å². The summed E-state index contributed by atoms with van der Waals surface area (Å²) >= 11 is 1.25. The molecule has 2 aliphatic heterocycles. The van der Waals surface area contributed by atoms with E-state index in [1.54, 1.807) is 15.9 Å². The van der Waals surface area contributed by atoms with Gasteiger partial charge in [-0.25, -0.2) is 4.39 Å². The van der Waals surface area contributed by atoms with E-state index in [1.165, 1.54) is 23.9 Å². The van der Waals surface area contributed by atoms with Crippen molar-refractivity contribution in [3.63, 3.8) is 0 Å². The summed E-state index contributed by atoms with van der Waals surface area (Å²) in [7, 11) is 0. The number of piperazine rings is 1. The Morgan fingerprint density at radius 3 is 3.00 bits per heavy atom. The Hall–Kier alpha value is -1.60. The van der Waals surface area contributed by atoms with Gasteiger partial charge in [0.15, 0.2) is 0 Å². The number of rotatable bonds is 3. The van der Waals surface area contributed by atoms with Gasteiger partial charge in [-0.3, -0.25) is 9.59 Å². The normalized spacial score (nSPS) is 22.2. The number of carbonyl (C=O) groups is 2. The fourth-order valence-electron chi connectivity index (χ4n) is 2.84. The quantitative estimate of drug-likeness (QED) is 0.915. The first-order chi connectivity index (χ1) is 10.6. The topological polar surface area (TPSA) is 52.7 Å².